The number of rotatable bonds is 2. The van der Waals surface area contributed by atoms with Crippen LogP contribution in [0, 0.1) is 0 Å². The maximum Gasteiger partial charge on any atom is 0.0774 e. The Morgan fingerprint density at radius 3 is 2.73 bits per heavy atom. The first kappa shape index (κ1) is 8.56. The van der Waals surface area contributed by atoms with Crippen LogP contribution in [0.1, 0.15) is 12.8 Å². The van der Waals surface area contributed by atoms with Crippen LogP contribution in [0.4, 0.5) is 0 Å². The van der Waals surface area contributed by atoms with Gasteiger partial charge in [0.1, 0.15) is 0 Å². The highest BCUT2D eigenvalue weighted by molar-refractivity contribution is 5.03. The van der Waals surface area contributed by atoms with E-state index in [4.69, 9.17) is 5.73 Å². The minimum atomic E-state index is 0.106. The van der Waals surface area contributed by atoms with E-state index >= 15 is 0 Å². The molecule has 0 radical (unpaired) electrons. The van der Waals surface area contributed by atoms with Crippen molar-refractivity contribution in [3.8, 4) is 0 Å². The topological polar surface area (TPSA) is 41.3 Å². The number of hydrogen-bond acceptors (Lipinski definition) is 3. The summed E-state index contributed by atoms with van der Waals surface area (Å²) < 4.78 is 0. The van der Waals surface area contributed by atoms with Crippen molar-refractivity contribution >= 4 is 0 Å². The van der Waals surface area contributed by atoms with Crippen molar-refractivity contribution in [3.63, 3.8) is 0 Å². The SMILES string of the molecule is C=C1CCC(C(N)N(C)C)N1. The van der Waals surface area contributed by atoms with E-state index in [2.05, 4.69) is 11.9 Å². The Hall–Kier alpha value is -0.540. The number of allylic oxidation sites excluding steroid dienone is 1. The summed E-state index contributed by atoms with van der Waals surface area (Å²) in [6.07, 6.45) is 2.28. The molecule has 1 rings (SSSR count). The first-order valence-corrected chi connectivity index (χ1v) is 3.97. The molecule has 0 aromatic carbocycles. The molecule has 1 heterocycles. The Balaban J connectivity index is 2.43. The molecule has 0 amide bonds. The van der Waals surface area contributed by atoms with E-state index in [0.717, 1.165) is 18.5 Å². The molecule has 2 atom stereocenters. The maximum absolute atomic E-state index is 5.91. The summed E-state index contributed by atoms with van der Waals surface area (Å²) in [5.41, 5.74) is 7.02. The van der Waals surface area contributed by atoms with Crippen molar-refractivity contribution in [2.75, 3.05) is 14.1 Å². The third kappa shape index (κ3) is 1.94. The van der Waals surface area contributed by atoms with E-state index in [9.17, 15) is 0 Å². The average Bonchev–Trinajstić information content (AvgIpc) is 2.34. The zero-order chi connectivity index (χ0) is 8.43. The first-order chi connectivity index (χ1) is 5.11. The third-order valence-corrected chi connectivity index (χ3v) is 2.16. The standard InChI is InChI=1S/C8H17N3/c1-6-4-5-7(10-6)8(9)11(2)3/h7-8,10H,1,4-5,9H2,2-3H3. The molecule has 1 saturated heterocycles. The summed E-state index contributed by atoms with van der Waals surface area (Å²) in [6, 6.07) is 0.387. The van der Waals surface area contributed by atoms with Crippen molar-refractivity contribution in [3.05, 3.63) is 12.3 Å². The summed E-state index contributed by atoms with van der Waals surface area (Å²) in [5.74, 6) is 0. The van der Waals surface area contributed by atoms with E-state index in [1.54, 1.807) is 0 Å². The van der Waals surface area contributed by atoms with Gasteiger partial charge in [0.25, 0.3) is 0 Å². The Labute approximate surface area is 68.2 Å². The van der Waals surface area contributed by atoms with E-state index in [1.807, 2.05) is 19.0 Å². The highest BCUT2D eigenvalue weighted by Gasteiger charge is 2.24. The van der Waals surface area contributed by atoms with Gasteiger partial charge in [-0.15, -0.1) is 0 Å². The molecule has 0 spiro atoms. The molecular formula is C8H17N3. The van der Waals surface area contributed by atoms with Gasteiger partial charge in [-0.3, -0.25) is 4.90 Å². The lowest BCUT2D eigenvalue weighted by atomic mass is 10.2. The third-order valence-electron chi connectivity index (χ3n) is 2.16. The van der Waals surface area contributed by atoms with Crippen molar-refractivity contribution in [2.24, 2.45) is 5.73 Å². The Morgan fingerprint density at radius 1 is 1.73 bits per heavy atom. The van der Waals surface area contributed by atoms with Gasteiger partial charge in [-0.25, -0.2) is 0 Å². The molecule has 64 valence electrons. The predicted molar refractivity (Wildman–Crippen MR) is 47.0 cm³/mol. The molecule has 3 nitrogen and oxygen atoms in total. The molecule has 11 heavy (non-hydrogen) atoms. The number of nitrogens with zero attached hydrogens (tertiary/aromatic N) is 1. The van der Waals surface area contributed by atoms with Crippen molar-refractivity contribution < 1.29 is 0 Å². The summed E-state index contributed by atoms with van der Waals surface area (Å²) in [5, 5.41) is 3.27. The summed E-state index contributed by atoms with van der Waals surface area (Å²) in [6.45, 7) is 3.86. The quantitative estimate of drug-likeness (QED) is 0.556. The second-order valence-corrected chi connectivity index (χ2v) is 3.35. The van der Waals surface area contributed by atoms with E-state index in [0.29, 0.717) is 6.04 Å². The number of hydrogen-bond donors (Lipinski definition) is 2. The van der Waals surface area contributed by atoms with Crippen LogP contribution in [-0.2, 0) is 0 Å². The molecule has 3 N–H and O–H groups in total. The largest absolute Gasteiger partial charge is 0.383 e. The predicted octanol–water partition coefficient (Wildman–Crippen LogP) is 0.0985. The average molecular weight is 155 g/mol. The normalized spacial score (nSPS) is 27.3. The molecule has 0 aromatic heterocycles. The fourth-order valence-electron chi connectivity index (χ4n) is 1.35. The van der Waals surface area contributed by atoms with Crippen LogP contribution in [-0.4, -0.2) is 31.2 Å². The summed E-state index contributed by atoms with van der Waals surface area (Å²) in [4.78, 5) is 2.02. The van der Waals surface area contributed by atoms with Crippen LogP contribution in [0.15, 0.2) is 12.3 Å². The molecule has 2 unspecified atom stereocenters. The van der Waals surface area contributed by atoms with Gasteiger partial charge in [0.2, 0.25) is 0 Å². The van der Waals surface area contributed by atoms with Gasteiger partial charge in [0, 0.05) is 5.70 Å². The molecule has 0 bridgehead atoms. The number of likely N-dealkylation sites (N-methyl/N-ethyl adjacent to an activating group) is 1. The fraction of sp³-hybridized carbons (Fsp3) is 0.750. The minimum Gasteiger partial charge on any atom is -0.383 e. The van der Waals surface area contributed by atoms with Crippen LogP contribution in [0.3, 0.4) is 0 Å². The second-order valence-electron chi connectivity index (χ2n) is 3.35. The lowest BCUT2D eigenvalue weighted by Gasteiger charge is -2.25. The molecule has 0 aromatic rings. The lowest BCUT2D eigenvalue weighted by Crippen LogP contribution is -2.49. The summed E-state index contributed by atoms with van der Waals surface area (Å²) in [7, 11) is 3.99. The van der Waals surface area contributed by atoms with Crippen LogP contribution >= 0.6 is 0 Å². The van der Waals surface area contributed by atoms with Gasteiger partial charge in [0.05, 0.1) is 12.2 Å². The second kappa shape index (κ2) is 3.24. The van der Waals surface area contributed by atoms with Gasteiger partial charge in [-0.1, -0.05) is 6.58 Å². The first-order valence-electron chi connectivity index (χ1n) is 3.97. The van der Waals surface area contributed by atoms with Crippen LogP contribution < -0.4 is 11.1 Å². The minimum absolute atomic E-state index is 0.106. The molecule has 0 aliphatic carbocycles. The molecule has 3 heteroatoms. The highest BCUT2D eigenvalue weighted by Crippen LogP contribution is 2.15. The molecule has 0 saturated carbocycles. The van der Waals surface area contributed by atoms with Gasteiger partial charge < -0.3 is 11.1 Å². The fourth-order valence-corrected chi connectivity index (χ4v) is 1.35. The van der Waals surface area contributed by atoms with Crippen molar-refractivity contribution in [1.82, 2.24) is 10.2 Å². The zero-order valence-corrected chi connectivity index (χ0v) is 7.30. The van der Waals surface area contributed by atoms with Gasteiger partial charge in [-0.05, 0) is 26.9 Å². The van der Waals surface area contributed by atoms with Crippen LogP contribution in [0.5, 0.6) is 0 Å². The smallest absolute Gasteiger partial charge is 0.0774 e. The van der Waals surface area contributed by atoms with Crippen molar-refractivity contribution in [2.45, 2.75) is 25.0 Å². The number of nitrogens with one attached hydrogen (secondary N) is 1. The Kier molecular flexibility index (Phi) is 2.52. The lowest BCUT2D eigenvalue weighted by molar-refractivity contribution is 0.248. The maximum atomic E-state index is 5.91. The Morgan fingerprint density at radius 2 is 2.36 bits per heavy atom. The Bertz CT molecular complexity index is 153. The van der Waals surface area contributed by atoms with Crippen LogP contribution in [0.2, 0.25) is 0 Å². The zero-order valence-electron chi connectivity index (χ0n) is 7.30. The van der Waals surface area contributed by atoms with Gasteiger partial charge >= 0.3 is 0 Å². The molecule has 1 aliphatic rings. The van der Waals surface area contributed by atoms with E-state index in [1.165, 1.54) is 0 Å². The van der Waals surface area contributed by atoms with Crippen molar-refractivity contribution in [1.29, 1.82) is 0 Å². The summed E-state index contributed by atoms with van der Waals surface area (Å²) >= 11 is 0. The van der Waals surface area contributed by atoms with Gasteiger partial charge in [-0.2, -0.15) is 0 Å². The molecule has 1 aliphatic heterocycles. The van der Waals surface area contributed by atoms with E-state index < -0.39 is 0 Å². The van der Waals surface area contributed by atoms with Crippen LogP contribution in [0.25, 0.3) is 0 Å². The monoisotopic (exact) mass is 155 g/mol. The highest BCUT2D eigenvalue weighted by atomic mass is 15.2. The molecular weight excluding hydrogens is 138 g/mol. The molecule has 1 fully saturated rings. The number of nitrogens with two attached hydrogens (primary N) is 1. The van der Waals surface area contributed by atoms with E-state index in [-0.39, 0.29) is 6.17 Å². The van der Waals surface area contributed by atoms with Gasteiger partial charge in [0.15, 0.2) is 0 Å².